The number of nitrogens with zero attached hydrogens (tertiary/aromatic N) is 1. The molecule has 342 valence electrons. The Hall–Kier alpha value is -9.18. The molecule has 0 radical (unpaired) electrons. The van der Waals surface area contributed by atoms with E-state index in [-0.39, 0.29) is 5.41 Å². The Balaban J connectivity index is 1.02. The van der Waals surface area contributed by atoms with Crippen LogP contribution in [0.5, 0.6) is 11.5 Å². The van der Waals surface area contributed by atoms with Crippen LogP contribution in [0.1, 0.15) is 47.2 Å². The smallest absolute Gasteiger partial charge is 0.136 e. The molecular weight excluding hydrogens is 887 g/mol. The number of para-hydroxylation sites is 3. The van der Waals surface area contributed by atoms with Gasteiger partial charge in [-0.2, -0.15) is 0 Å². The van der Waals surface area contributed by atoms with E-state index in [1.54, 1.807) is 0 Å². The van der Waals surface area contributed by atoms with Crippen LogP contribution in [0.4, 0.5) is 17.1 Å². The molecule has 0 bridgehead atoms. The van der Waals surface area contributed by atoms with Crippen molar-refractivity contribution in [3.05, 3.63) is 270 Å². The van der Waals surface area contributed by atoms with Gasteiger partial charge in [-0.3, -0.25) is 0 Å². The summed E-state index contributed by atoms with van der Waals surface area (Å²) in [6, 6.07) is 87.7. The largest absolute Gasteiger partial charge is 0.456 e. The molecule has 3 aliphatic carbocycles. The predicted molar refractivity (Wildman–Crippen MR) is 299 cm³/mol. The fourth-order valence-corrected chi connectivity index (χ4v) is 13.6. The van der Waals surface area contributed by atoms with Crippen molar-refractivity contribution in [2.75, 3.05) is 4.90 Å². The third-order valence-electron chi connectivity index (χ3n) is 16.7. The van der Waals surface area contributed by atoms with Crippen LogP contribution in [0.2, 0.25) is 0 Å². The highest BCUT2D eigenvalue weighted by Crippen LogP contribution is 2.64. The molecule has 16 rings (SSSR count). The van der Waals surface area contributed by atoms with Gasteiger partial charge in [0, 0.05) is 44.4 Å². The summed E-state index contributed by atoms with van der Waals surface area (Å²) in [4.78, 5) is 2.51. The lowest BCUT2D eigenvalue weighted by Crippen LogP contribution is -2.29. The van der Waals surface area contributed by atoms with Gasteiger partial charge in [-0.1, -0.05) is 190 Å². The van der Waals surface area contributed by atoms with Gasteiger partial charge in [-0.25, -0.2) is 0 Å². The fraction of sp³-hybridized carbons (Fsp3) is 0.0571. The van der Waals surface area contributed by atoms with E-state index in [0.29, 0.717) is 0 Å². The summed E-state index contributed by atoms with van der Waals surface area (Å²) >= 11 is 0. The molecule has 4 aliphatic rings. The molecule has 1 atom stereocenters. The topological polar surface area (TPSA) is 25.6 Å². The summed E-state index contributed by atoms with van der Waals surface area (Å²) in [5.74, 6) is 1.70. The van der Waals surface area contributed by atoms with E-state index in [1.165, 1.54) is 77.9 Å². The summed E-state index contributed by atoms with van der Waals surface area (Å²) < 4.78 is 13.4. The molecule has 0 amide bonds. The van der Waals surface area contributed by atoms with Crippen LogP contribution in [0.3, 0.4) is 0 Å². The SMILES string of the molecule is CC1(C)c2ccccc2-c2ccc(N(c3ccc4c(c3)-c3ccccc3Oc3ccccc3-4)c3ccc4c(c3)C3(c5ccccc5-c5ccccc5-4)c4ccccc4-c4c3ccc3oc5ccccc5c43)cc21. The lowest BCUT2D eigenvalue weighted by molar-refractivity contribution is 0.488. The summed E-state index contributed by atoms with van der Waals surface area (Å²) in [5, 5.41) is 2.29. The zero-order valence-corrected chi connectivity index (χ0v) is 40.3. The van der Waals surface area contributed by atoms with E-state index < -0.39 is 5.41 Å². The Labute approximate surface area is 423 Å². The molecule has 1 unspecified atom stereocenters. The minimum atomic E-state index is -0.722. The van der Waals surface area contributed by atoms with Gasteiger partial charge >= 0.3 is 0 Å². The van der Waals surface area contributed by atoms with Gasteiger partial charge in [0.2, 0.25) is 0 Å². The molecule has 1 aromatic heterocycles. The lowest BCUT2D eigenvalue weighted by Gasteiger charge is -2.36. The quantitative estimate of drug-likeness (QED) is 0.177. The minimum absolute atomic E-state index is 0.202. The Kier molecular flexibility index (Phi) is 8.16. The fourth-order valence-electron chi connectivity index (χ4n) is 13.6. The second-order valence-electron chi connectivity index (χ2n) is 20.6. The van der Waals surface area contributed by atoms with E-state index in [4.69, 9.17) is 9.15 Å². The molecule has 0 saturated carbocycles. The van der Waals surface area contributed by atoms with Crippen LogP contribution in [-0.4, -0.2) is 0 Å². The predicted octanol–water partition coefficient (Wildman–Crippen LogP) is 18.8. The molecule has 0 saturated heterocycles. The molecule has 3 heteroatoms. The van der Waals surface area contributed by atoms with Crippen molar-refractivity contribution in [2.24, 2.45) is 0 Å². The average Bonchev–Trinajstić information content (AvgIpc) is 3.98. The number of benzene rings is 11. The van der Waals surface area contributed by atoms with E-state index in [1.807, 2.05) is 0 Å². The number of ether oxygens (including phenoxy) is 1. The summed E-state index contributed by atoms with van der Waals surface area (Å²) in [5.41, 5.74) is 26.2. The van der Waals surface area contributed by atoms with Crippen molar-refractivity contribution in [3.63, 3.8) is 0 Å². The molecule has 1 spiro atoms. The minimum Gasteiger partial charge on any atom is -0.456 e. The Morgan fingerprint density at radius 1 is 0.315 bits per heavy atom. The third-order valence-corrected chi connectivity index (χ3v) is 16.7. The summed E-state index contributed by atoms with van der Waals surface area (Å²) in [6.45, 7) is 4.75. The average molecular weight is 932 g/mol. The first kappa shape index (κ1) is 40.5. The molecule has 3 nitrogen and oxygen atoms in total. The number of furan rings is 1. The Morgan fingerprint density at radius 3 is 1.48 bits per heavy atom. The normalized spacial score (nSPS) is 15.5. The maximum Gasteiger partial charge on any atom is 0.136 e. The van der Waals surface area contributed by atoms with Crippen molar-refractivity contribution in [1.82, 2.24) is 0 Å². The number of hydrogen-bond donors (Lipinski definition) is 0. The molecular formula is C70H45NO2. The molecule has 73 heavy (non-hydrogen) atoms. The van der Waals surface area contributed by atoms with E-state index in [0.717, 1.165) is 72.8 Å². The number of rotatable bonds is 3. The highest BCUT2D eigenvalue weighted by atomic mass is 16.5. The monoisotopic (exact) mass is 931 g/mol. The highest BCUT2D eigenvalue weighted by Gasteiger charge is 2.51. The first-order valence-electron chi connectivity index (χ1n) is 25.4. The van der Waals surface area contributed by atoms with Crippen LogP contribution in [0.25, 0.3) is 88.7 Å². The first-order chi connectivity index (χ1) is 36.0. The van der Waals surface area contributed by atoms with Gasteiger partial charge in [0.15, 0.2) is 0 Å². The Morgan fingerprint density at radius 2 is 0.781 bits per heavy atom. The van der Waals surface area contributed by atoms with Crippen molar-refractivity contribution < 1.29 is 9.15 Å². The second-order valence-corrected chi connectivity index (χ2v) is 20.6. The van der Waals surface area contributed by atoms with E-state index in [2.05, 4.69) is 255 Å². The van der Waals surface area contributed by atoms with E-state index >= 15 is 0 Å². The molecule has 2 heterocycles. The molecule has 12 aromatic rings. The van der Waals surface area contributed by atoms with Gasteiger partial charge < -0.3 is 14.1 Å². The Bertz CT molecular complexity index is 4360. The molecule has 0 fully saturated rings. The van der Waals surface area contributed by atoms with Crippen molar-refractivity contribution in [1.29, 1.82) is 0 Å². The van der Waals surface area contributed by atoms with Crippen LogP contribution >= 0.6 is 0 Å². The van der Waals surface area contributed by atoms with Crippen LogP contribution in [0.15, 0.2) is 241 Å². The first-order valence-corrected chi connectivity index (χ1v) is 25.4. The summed E-state index contributed by atoms with van der Waals surface area (Å²) in [7, 11) is 0. The zero-order chi connectivity index (χ0) is 48.2. The lowest BCUT2D eigenvalue weighted by atomic mass is 9.65. The van der Waals surface area contributed by atoms with Gasteiger partial charge in [-0.05, 0) is 150 Å². The standard InChI is InChI=1S/C70H45NO2/c1-69(2)57-25-11-5-20-49(57)51-36-33-43(40-61(51)69)71(42-31-34-47-52-21-8-14-28-63(52)72-64-29-15-9-22-53(64)56(47)39-42)44-32-35-50-46-18-4-3-17-45(46)48-19-6-12-26-58(48)70(62(50)41-44)59-27-13-7-23-54(59)67-60(70)37-38-66-68(67)55-24-10-16-30-65(55)73-66/h3-41H,1-2H3. The van der Waals surface area contributed by atoms with Crippen LogP contribution in [-0.2, 0) is 10.8 Å². The highest BCUT2D eigenvalue weighted by molar-refractivity contribution is 6.16. The maximum absolute atomic E-state index is 6.73. The number of fused-ring (bicyclic) bond motifs is 24. The zero-order valence-electron chi connectivity index (χ0n) is 40.3. The van der Waals surface area contributed by atoms with Crippen LogP contribution in [0, 0.1) is 0 Å². The maximum atomic E-state index is 6.73. The summed E-state index contributed by atoms with van der Waals surface area (Å²) in [6.07, 6.45) is 0. The van der Waals surface area contributed by atoms with Gasteiger partial charge in [0.1, 0.15) is 22.7 Å². The van der Waals surface area contributed by atoms with Crippen molar-refractivity contribution >= 4 is 39.0 Å². The molecule has 11 aromatic carbocycles. The van der Waals surface area contributed by atoms with Gasteiger partial charge in [-0.15, -0.1) is 0 Å². The van der Waals surface area contributed by atoms with Gasteiger partial charge in [0.25, 0.3) is 0 Å². The number of hydrogen-bond acceptors (Lipinski definition) is 3. The van der Waals surface area contributed by atoms with Gasteiger partial charge in [0.05, 0.1) is 5.41 Å². The molecule has 1 aliphatic heterocycles. The van der Waals surface area contributed by atoms with Crippen molar-refractivity contribution in [3.8, 4) is 78.3 Å². The van der Waals surface area contributed by atoms with Crippen molar-refractivity contribution in [2.45, 2.75) is 24.7 Å². The third kappa shape index (κ3) is 5.38. The van der Waals surface area contributed by atoms with E-state index in [9.17, 15) is 0 Å². The van der Waals surface area contributed by atoms with Crippen LogP contribution < -0.4 is 9.64 Å². The molecule has 0 N–H and O–H groups in total. The second kappa shape index (κ2) is 14.7. The number of anilines is 3.